The summed E-state index contributed by atoms with van der Waals surface area (Å²) in [6.07, 6.45) is 0. The number of hydrogen-bond donors (Lipinski definition) is 0. The van der Waals surface area contributed by atoms with Gasteiger partial charge in [-0.25, -0.2) is 0 Å². The molecule has 78 valence electrons. The molecule has 0 amide bonds. The highest BCUT2D eigenvalue weighted by molar-refractivity contribution is 14.1. The van der Waals surface area contributed by atoms with Gasteiger partial charge in [-0.15, -0.1) is 0 Å². The van der Waals surface area contributed by atoms with E-state index in [0.717, 1.165) is 5.75 Å². The lowest BCUT2D eigenvalue weighted by Gasteiger charge is -2.23. The van der Waals surface area contributed by atoms with Crippen LogP contribution < -0.4 is 4.74 Å². The second-order valence-corrected chi connectivity index (χ2v) is 5.71. The van der Waals surface area contributed by atoms with Crippen LogP contribution in [0, 0.1) is 10.5 Å². The molecule has 0 atom stereocenters. The Morgan fingerprint density at radius 2 is 1.79 bits per heavy atom. The zero-order valence-corrected chi connectivity index (χ0v) is 11.6. The molecule has 0 fully saturated rings. The summed E-state index contributed by atoms with van der Waals surface area (Å²) in [7, 11) is 1.73. The molecule has 0 heterocycles. The summed E-state index contributed by atoms with van der Waals surface area (Å²) in [6.45, 7) is 8.72. The fraction of sp³-hybridized carbons (Fsp3) is 0.500. The number of rotatable bonds is 1. The van der Waals surface area contributed by atoms with Gasteiger partial charge in [-0.3, -0.25) is 0 Å². The molecule has 0 aliphatic rings. The molecule has 0 radical (unpaired) electrons. The largest absolute Gasteiger partial charge is 0.496 e. The first-order chi connectivity index (χ1) is 6.36. The van der Waals surface area contributed by atoms with E-state index in [-0.39, 0.29) is 5.41 Å². The van der Waals surface area contributed by atoms with Crippen LogP contribution in [0.4, 0.5) is 0 Å². The molecule has 0 N–H and O–H groups in total. The number of ether oxygens (including phenoxy) is 1. The van der Waals surface area contributed by atoms with E-state index in [0.29, 0.717) is 0 Å². The van der Waals surface area contributed by atoms with Crippen molar-refractivity contribution in [1.29, 1.82) is 0 Å². The Kier molecular flexibility index (Phi) is 3.45. The van der Waals surface area contributed by atoms with Crippen molar-refractivity contribution in [1.82, 2.24) is 0 Å². The number of aryl methyl sites for hydroxylation is 1. The predicted octanol–water partition coefficient (Wildman–Crippen LogP) is 3.91. The van der Waals surface area contributed by atoms with Crippen molar-refractivity contribution >= 4 is 22.6 Å². The highest BCUT2D eigenvalue weighted by Gasteiger charge is 2.19. The lowest BCUT2D eigenvalue weighted by Crippen LogP contribution is -2.13. The van der Waals surface area contributed by atoms with Crippen molar-refractivity contribution in [2.45, 2.75) is 33.1 Å². The third-order valence-electron chi connectivity index (χ3n) is 2.29. The number of benzene rings is 1. The molecule has 0 saturated carbocycles. The van der Waals surface area contributed by atoms with Crippen LogP contribution in [0.5, 0.6) is 5.75 Å². The van der Waals surface area contributed by atoms with Crippen LogP contribution in [0.25, 0.3) is 0 Å². The van der Waals surface area contributed by atoms with Gasteiger partial charge in [-0.2, -0.15) is 0 Å². The second-order valence-electron chi connectivity index (χ2n) is 4.55. The number of halogens is 1. The maximum Gasteiger partial charge on any atom is 0.122 e. The molecule has 0 aliphatic carbocycles. The Morgan fingerprint density at radius 1 is 1.21 bits per heavy atom. The zero-order chi connectivity index (χ0) is 10.9. The minimum atomic E-state index is 0.138. The summed E-state index contributed by atoms with van der Waals surface area (Å²) in [5.74, 6) is 0.996. The normalized spacial score (nSPS) is 11.6. The molecule has 1 rings (SSSR count). The topological polar surface area (TPSA) is 9.23 Å². The Bertz CT molecular complexity index is 337. The molecule has 0 bridgehead atoms. The summed E-state index contributed by atoms with van der Waals surface area (Å²) in [5, 5.41) is 0. The molecule has 2 heteroatoms. The van der Waals surface area contributed by atoms with Gasteiger partial charge in [0, 0.05) is 9.13 Å². The smallest absolute Gasteiger partial charge is 0.122 e. The first-order valence-electron chi connectivity index (χ1n) is 4.71. The molecular formula is C12H17IO. The van der Waals surface area contributed by atoms with Crippen molar-refractivity contribution in [3.05, 3.63) is 26.8 Å². The van der Waals surface area contributed by atoms with Gasteiger partial charge < -0.3 is 4.74 Å². The van der Waals surface area contributed by atoms with Crippen LogP contribution in [0.15, 0.2) is 12.1 Å². The Balaban J connectivity index is 3.35. The molecule has 0 aliphatic heterocycles. The Labute approximate surface area is 100.0 Å². The van der Waals surface area contributed by atoms with Crippen molar-refractivity contribution < 1.29 is 4.74 Å². The highest BCUT2D eigenvalue weighted by Crippen LogP contribution is 2.33. The van der Waals surface area contributed by atoms with Crippen LogP contribution >= 0.6 is 22.6 Å². The van der Waals surface area contributed by atoms with Gasteiger partial charge >= 0.3 is 0 Å². The van der Waals surface area contributed by atoms with Gasteiger partial charge in [0.05, 0.1) is 7.11 Å². The summed E-state index contributed by atoms with van der Waals surface area (Å²) in [6, 6.07) is 4.33. The summed E-state index contributed by atoms with van der Waals surface area (Å²) in [4.78, 5) is 0. The van der Waals surface area contributed by atoms with E-state index >= 15 is 0 Å². The van der Waals surface area contributed by atoms with E-state index in [1.807, 2.05) is 0 Å². The van der Waals surface area contributed by atoms with Crippen LogP contribution in [0.3, 0.4) is 0 Å². The monoisotopic (exact) mass is 304 g/mol. The molecule has 14 heavy (non-hydrogen) atoms. The average molecular weight is 304 g/mol. The SMILES string of the molecule is COc1cc(C)c(I)cc1C(C)(C)C. The van der Waals surface area contributed by atoms with E-state index in [1.165, 1.54) is 14.7 Å². The summed E-state index contributed by atoms with van der Waals surface area (Å²) >= 11 is 2.37. The fourth-order valence-electron chi connectivity index (χ4n) is 1.41. The molecule has 0 unspecified atom stereocenters. The van der Waals surface area contributed by atoms with Crippen LogP contribution in [0.2, 0.25) is 0 Å². The number of methoxy groups -OCH3 is 1. The van der Waals surface area contributed by atoms with Gasteiger partial charge in [0.15, 0.2) is 0 Å². The zero-order valence-electron chi connectivity index (χ0n) is 9.44. The van der Waals surface area contributed by atoms with Crippen LogP contribution in [-0.4, -0.2) is 7.11 Å². The van der Waals surface area contributed by atoms with Crippen molar-refractivity contribution in [3.63, 3.8) is 0 Å². The molecule has 0 aromatic heterocycles. The maximum atomic E-state index is 5.40. The lowest BCUT2D eigenvalue weighted by molar-refractivity contribution is 0.397. The van der Waals surface area contributed by atoms with Crippen LogP contribution in [0.1, 0.15) is 31.9 Å². The quantitative estimate of drug-likeness (QED) is 0.715. The van der Waals surface area contributed by atoms with Crippen molar-refractivity contribution in [3.8, 4) is 5.75 Å². The first-order valence-corrected chi connectivity index (χ1v) is 5.78. The van der Waals surface area contributed by atoms with E-state index in [4.69, 9.17) is 4.74 Å². The minimum Gasteiger partial charge on any atom is -0.496 e. The van der Waals surface area contributed by atoms with E-state index < -0.39 is 0 Å². The van der Waals surface area contributed by atoms with E-state index in [2.05, 4.69) is 62.4 Å². The fourth-order valence-corrected chi connectivity index (χ4v) is 1.88. The summed E-state index contributed by atoms with van der Waals surface area (Å²) in [5.41, 5.74) is 2.68. The van der Waals surface area contributed by atoms with E-state index in [1.54, 1.807) is 7.11 Å². The molecule has 1 nitrogen and oxygen atoms in total. The maximum absolute atomic E-state index is 5.40. The van der Waals surface area contributed by atoms with Crippen LogP contribution in [-0.2, 0) is 5.41 Å². The van der Waals surface area contributed by atoms with Gasteiger partial charge in [-0.1, -0.05) is 20.8 Å². The minimum absolute atomic E-state index is 0.138. The van der Waals surface area contributed by atoms with Gasteiger partial charge in [0.2, 0.25) is 0 Å². The third kappa shape index (κ3) is 2.41. The third-order valence-corrected chi connectivity index (χ3v) is 3.45. The average Bonchev–Trinajstić information content (AvgIpc) is 2.07. The Hall–Kier alpha value is -0.250. The summed E-state index contributed by atoms with van der Waals surface area (Å²) < 4.78 is 6.70. The van der Waals surface area contributed by atoms with Crippen molar-refractivity contribution in [2.75, 3.05) is 7.11 Å². The Morgan fingerprint density at radius 3 is 2.21 bits per heavy atom. The molecule has 1 aromatic rings. The molecule has 0 spiro atoms. The standard InChI is InChI=1S/C12H17IO/c1-8-6-11(14-5)9(7-10(8)13)12(2,3)4/h6-7H,1-5H3. The first kappa shape index (κ1) is 11.8. The van der Waals surface area contributed by atoms with Gasteiger partial charge in [0.1, 0.15) is 5.75 Å². The van der Waals surface area contributed by atoms with Gasteiger partial charge in [-0.05, 0) is 52.6 Å². The molecule has 0 saturated heterocycles. The number of hydrogen-bond acceptors (Lipinski definition) is 1. The molecule has 1 aromatic carbocycles. The van der Waals surface area contributed by atoms with Gasteiger partial charge in [0.25, 0.3) is 0 Å². The van der Waals surface area contributed by atoms with E-state index in [9.17, 15) is 0 Å². The highest BCUT2D eigenvalue weighted by atomic mass is 127. The second kappa shape index (κ2) is 4.09. The molecular weight excluding hydrogens is 287 g/mol. The lowest BCUT2D eigenvalue weighted by atomic mass is 9.86. The predicted molar refractivity (Wildman–Crippen MR) is 69.1 cm³/mol. The van der Waals surface area contributed by atoms with Crippen molar-refractivity contribution in [2.24, 2.45) is 0 Å².